The second-order valence-electron chi connectivity index (χ2n) is 5.35. The zero-order valence-electron chi connectivity index (χ0n) is 12.1. The van der Waals surface area contributed by atoms with Crippen LogP contribution in [0.2, 0.25) is 0 Å². The number of aryl methyl sites for hydroxylation is 3. The number of rotatable bonds is 6. The normalized spacial score (nSPS) is 11.2. The molecule has 0 radical (unpaired) electrons. The first kappa shape index (κ1) is 13.8. The molecule has 1 aromatic heterocycles. The van der Waals surface area contributed by atoms with E-state index in [9.17, 15) is 0 Å². The van der Waals surface area contributed by atoms with Gasteiger partial charge in [-0.05, 0) is 18.9 Å². The molecule has 1 heterocycles. The van der Waals surface area contributed by atoms with Crippen LogP contribution in [0.25, 0.3) is 0 Å². The van der Waals surface area contributed by atoms with E-state index >= 15 is 0 Å². The number of nitrogens with one attached hydrogen (secondary N) is 1. The number of hydrogen-bond donors (Lipinski definition) is 1. The maximum absolute atomic E-state index is 4.25. The summed E-state index contributed by atoms with van der Waals surface area (Å²) in [5, 5.41) is 3.43. The molecule has 0 aliphatic heterocycles. The lowest BCUT2D eigenvalue weighted by molar-refractivity contribution is 0.554. The van der Waals surface area contributed by atoms with Gasteiger partial charge in [-0.15, -0.1) is 0 Å². The molecule has 19 heavy (non-hydrogen) atoms. The van der Waals surface area contributed by atoms with Gasteiger partial charge < -0.3 is 9.88 Å². The molecule has 0 spiro atoms. The van der Waals surface area contributed by atoms with Crippen molar-refractivity contribution in [2.75, 3.05) is 0 Å². The fourth-order valence-corrected chi connectivity index (χ4v) is 2.12. The van der Waals surface area contributed by atoms with Crippen LogP contribution >= 0.6 is 0 Å². The molecule has 0 atom stereocenters. The van der Waals surface area contributed by atoms with Crippen LogP contribution in [0.4, 0.5) is 0 Å². The first-order valence-corrected chi connectivity index (χ1v) is 6.93. The number of aromatic nitrogens is 2. The van der Waals surface area contributed by atoms with Crippen molar-refractivity contribution >= 4 is 0 Å². The first-order chi connectivity index (χ1) is 9.15. The maximum Gasteiger partial charge on any atom is 0.0948 e. The van der Waals surface area contributed by atoms with Gasteiger partial charge in [0, 0.05) is 25.3 Å². The molecule has 0 amide bonds. The van der Waals surface area contributed by atoms with Crippen LogP contribution in [0, 0.1) is 6.92 Å². The molecule has 3 nitrogen and oxygen atoms in total. The smallest absolute Gasteiger partial charge is 0.0948 e. The van der Waals surface area contributed by atoms with Gasteiger partial charge in [-0.25, -0.2) is 4.98 Å². The van der Waals surface area contributed by atoms with Gasteiger partial charge in [-0.1, -0.05) is 43.7 Å². The minimum atomic E-state index is 0.500. The first-order valence-electron chi connectivity index (χ1n) is 6.93. The second kappa shape index (κ2) is 6.53. The summed E-state index contributed by atoms with van der Waals surface area (Å²) in [6.45, 7) is 8.32. The van der Waals surface area contributed by atoms with Gasteiger partial charge >= 0.3 is 0 Å². The molecule has 2 rings (SSSR count). The number of imidazole rings is 1. The summed E-state index contributed by atoms with van der Waals surface area (Å²) < 4.78 is 2.23. The Labute approximate surface area is 115 Å². The van der Waals surface area contributed by atoms with Crippen molar-refractivity contribution in [3.63, 3.8) is 0 Å². The van der Waals surface area contributed by atoms with Crippen molar-refractivity contribution in [1.29, 1.82) is 0 Å². The van der Waals surface area contributed by atoms with E-state index in [-0.39, 0.29) is 0 Å². The molecule has 0 bridgehead atoms. The highest BCUT2D eigenvalue weighted by Gasteiger charge is 2.03. The average molecular weight is 257 g/mol. The number of nitrogens with zero attached hydrogens (tertiary/aromatic N) is 2. The average Bonchev–Trinajstić information content (AvgIpc) is 2.81. The largest absolute Gasteiger partial charge is 0.333 e. The lowest BCUT2D eigenvalue weighted by Gasteiger charge is -2.11. The Kier molecular flexibility index (Phi) is 4.74. The van der Waals surface area contributed by atoms with Crippen molar-refractivity contribution in [3.8, 4) is 0 Å². The quantitative estimate of drug-likeness (QED) is 0.862. The molecule has 3 heteroatoms. The van der Waals surface area contributed by atoms with Crippen molar-refractivity contribution in [1.82, 2.24) is 14.9 Å². The summed E-state index contributed by atoms with van der Waals surface area (Å²) in [6.07, 6.45) is 4.92. The Morgan fingerprint density at radius 3 is 2.89 bits per heavy atom. The Hall–Kier alpha value is -1.61. The third-order valence-electron chi connectivity index (χ3n) is 3.21. The van der Waals surface area contributed by atoms with Gasteiger partial charge in [0.05, 0.1) is 12.0 Å². The van der Waals surface area contributed by atoms with Crippen molar-refractivity contribution in [2.24, 2.45) is 0 Å². The van der Waals surface area contributed by atoms with E-state index in [1.165, 1.54) is 16.8 Å². The third kappa shape index (κ3) is 4.21. The van der Waals surface area contributed by atoms with Crippen LogP contribution in [0.3, 0.4) is 0 Å². The molecule has 0 aliphatic carbocycles. The molecule has 1 aromatic carbocycles. The van der Waals surface area contributed by atoms with Crippen LogP contribution in [0.1, 0.15) is 30.7 Å². The van der Waals surface area contributed by atoms with Crippen LogP contribution in [0.15, 0.2) is 36.8 Å². The Morgan fingerprint density at radius 2 is 2.16 bits per heavy atom. The van der Waals surface area contributed by atoms with Gasteiger partial charge in [0.1, 0.15) is 0 Å². The third-order valence-corrected chi connectivity index (χ3v) is 3.21. The van der Waals surface area contributed by atoms with E-state index in [2.05, 4.69) is 59.9 Å². The van der Waals surface area contributed by atoms with E-state index in [1.54, 1.807) is 0 Å². The molecule has 2 aromatic rings. The summed E-state index contributed by atoms with van der Waals surface area (Å²) in [5.41, 5.74) is 3.96. The Balaban J connectivity index is 1.94. The predicted molar refractivity (Wildman–Crippen MR) is 79.1 cm³/mol. The monoisotopic (exact) mass is 257 g/mol. The highest BCUT2D eigenvalue weighted by atomic mass is 15.1. The molecular formula is C16H23N3. The minimum absolute atomic E-state index is 0.500. The van der Waals surface area contributed by atoms with Crippen molar-refractivity contribution < 1.29 is 0 Å². The van der Waals surface area contributed by atoms with Gasteiger partial charge in [-0.3, -0.25) is 0 Å². The Morgan fingerprint density at radius 1 is 1.32 bits per heavy atom. The maximum atomic E-state index is 4.25. The van der Waals surface area contributed by atoms with Gasteiger partial charge in [0.15, 0.2) is 0 Å². The zero-order valence-corrected chi connectivity index (χ0v) is 12.1. The highest BCUT2D eigenvalue weighted by molar-refractivity contribution is 5.22. The lowest BCUT2D eigenvalue weighted by Crippen LogP contribution is -2.23. The summed E-state index contributed by atoms with van der Waals surface area (Å²) >= 11 is 0. The van der Waals surface area contributed by atoms with E-state index in [0.717, 1.165) is 19.5 Å². The lowest BCUT2D eigenvalue weighted by atomic mass is 10.1. The standard InChI is InChI=1S/C16H23N3/c1-13(2)18-11-16-10-17-12-19(16)8-7-15-6-4-5-14(3)9-15/h4-6,9-10,12-13,18H,7-8,11H2,1-3H3. The van der Waals surface area contributed by atoms with Crippen LogP contribution < -0.4 is 5.32 Å². The van der Waals surface area contributed by atoms with Crippen molar-refractivity contribution in [2.45, 2.75) is 46.3 Å². The van der Waals surface area contributed by atoms with E-state index < -0.39 is 0 Å². The fourth-order valence-electron chi connectivity index (χ4n) is 2.12. The van der Waals surface area contributed by atoms with E-state index in [4.69, 9.17) is 0 Å². The molecule has 102 valence electrons. The second-order valence-corrected chi connectivity index (χ2v) is 5.35. The molecule has 1 N–H and O–H groups in total. The van der Waals surface area contributed by atoms with Crippen molar-refractivity contribution in [3.05, 3.63) is 53.6 Å². The van der Waals surface area contributed by atoms with E-state index in [0.29, 0.717) is 6.04 Å². The molecular weight excluding hydrogens is 234 g/mol. The molecule has 0 saturated heterocycles. The zero-order chi connectivity index (χ0) is 13.7. The SMILES string of the molecule is Cc1cccc(CCn2cncc2CNC(C)C)c1. The van der Waals surface area contributed by atoms with Crippen LogP contribution in [0.5, 0.6) is 0 Å². The van der Waals surface area contributed by atoms with Gasteiger partial charge in [-0.2, -0.15) is 0 Å². The molecule has 0 aliphatic rings. The Bertz CT molecular complexity index is 514. The summed E-state index contributed by atoms with van der Waals surface area (Å²) in [4.78, 5) is 4.25. The summed E-state index contributed by atoms with van der Waals surface area (Å²) in [5.74, 6) is 0. The minimum Gasteiger partial charge on any atom is -0.333 e. The molecule has 0 fully saturated rings. The number of benzene rings is 1. The summed E-state index contributed by atoms with van der Waals surface area (Å²) in [7, 11) is 0. The molecule has 0 saturated carbocycles. The summed E-state index contributed by atoms with van der Waals surface area (Å²) in [6, 6.07) is 9.21. The van der Waals surface area contributed by atoms with Gasteiger partial charge in [0.2, 0.25) is 0 Å². The van der Waals surface area contributed by atoms with Crippen LogP contribution in [-0.4, -0.2) is 15.6 Å². The molecule has 0 unspecified atom stereocenters. The fraction of sp³-hybridized carbons (Fsp3) is 0.438. The predicted octanol–water partition coefficient (Wildman–Crippen LogP) is 2.93. The van der Waals surface area contributed by atoms with Crippen LogP contribution in [-0.2, 0) is 19.5 Å². The van der Waals surface area contributed by atoms with Gasteiger partial charge in [0.25, 0.3) is 0 Å². The number of hydrogen-bond acceptors (Lipinski definition) is 2. The topological polar surface area (TPSA) is 29.9 Å². The van der Waals surface area contributed by atoms with E-state index in [1.807, 2.05) is 12.5 Å². The highest BCUT2D eigenvalue weighted by Crippen LogP contribution is 2.07.